The monoisotopic (exact) mass is 751 g/mol. The number of carbonyl (C=O) groups excluding carboxylic acids is 2. The highest BCUT2D eigenvalue weighted by atomic mass is 32.2. The largest absolute Gasteiger partial charge is 0.481 e. The van der Waals surface area contributed by atoms with Crippen LogP contribution in [-0.2, 0) is 30.0 Å². The molecule has 0 bridgehead atoms. The van der Waals surface area contributed by atoms with E-state index in [4.69, 9.17) is 18.9 Å². The van der Waals surface area contributed by atoms with Crippen LogP contribution >= 0.6 is 0 Å². The van der Waals surface area contributed by atoms with Gasteiger partial charge in [-0.3, -0.25) is 0 Å². The number of esters is 2. The molecule has 0 heterocycles. The molecular formula is C48H47O6S+. The molecule has 55 heavy (non-hydrogen) atoms. The standard InChI is InChI=1S/C48H47O6S/c1-34-28-41(29-35(2)45(34)51-32-43(49)53-47(5,6)26-24-38-18-12-9-13-19-38)55(40-22-16-11-17-23-40)42-30-36(3)46(37(4)31-42)52-33-44(50)54-48(7,8)27-25-39-20-14-10-15-21-39/h9-23,28-31H,32-33H2,1-8H3/q+1. The van der Waals surface area contributed by atoms with Crippen LogP contribution in [0.25, 0.3) is 0 Å². The van der Waals surface area contributed by atoms with Gasteiger partial charge in [0.25, 0.3) is 0 Å². The van der Waals surface area contributed by atoms with Crippen molar-refractivity contribution in [3.05, 3.63) is 149 Å². The molecule has 0 saturated carbocycles. The number of rotatable bonds is 11. The van der Waals surface area contributed by atoms with E-state index in [1.165, 1.54) is 0 Å². The van der Waals surface area contributed by atoms with Crippen molar-refractivity contribution in [3.63, 3.8) is 0 Å². The van der Waals surface area contributed by atoms with E-state index in [9.17, 15) is 9.59 Å². The molecule has 0 aromatic heterocycles. The topological polar surface area (TPSA) is 71.1 Å². The van der Waals surface area contributed by atoms with E-state index in [0.717, 1.165) is 48.1 Å². The van der Waals surface area contributed by atoms with Gasteiger partial charge in [-0.2, -0.15) is 0 Å². The van der Waals surface area contributed by atoms with Gasteiger partial charge in [-0.05, 0) is 114 Å². The van der Waals surface area contributed by atoms with Gasteiger partial charge >= 0.3 is 11.9 Å². The first kappa shape index (κ1) is 40.3. The van der Waals surface area contributed by atoms with Gasteiger partial charge in [-0.1, -0.05) is 78.3 Å². The Bertz CT molecular complexity index is 2070. The normalized spacial score (nSPS) is 11.1. The zero-order chi connectivity index (χ0) is 39.6. The minimum atomic E-state index is -0.983. The summed E-state index contributed by atoms with van der Waals surface area (Å²) in [6.45, 7) is 14.5. The van der Waals surface area contributed by atoms with E-state index in [1.807, 2.05) is 107 Å². The van der Waals surface area contributed by atoms with Crippen molar-refractivity contribution < 1.29 is 28.5 Å². The number of hydrogen-bond acceptors (Lipinski definition) is 6. The molecule has 0 fully saturated rings. The minimum absolute atomic E-state index is 0.242. The number of aryl methyl sites for hydroxylation is 4. The summed E-state index contributed by atoms with van der Waals surface area (Å²) in [6.07, 6.45) is 0. The summed E-state index contributed by atoms with van der Waals surface area (Å²) in [6, 6.07) is 38.0. The summed E-state index contributed by atoms with van der Waals surface area (Å²) in [5.41, 5.74) is 3.35. The fourth-order valence-electron chi connectivity index (χ4n) is 5.91. The Hall–Kier alpha value is -5.89. The van der Waals surface area contributed by atoms with E-state index in [0.29, 0.717) is 11.5 Å². The molecule has 0 spiro atoms. The van der Waals surface area contributed by atoms with E-state index in [2.05, 4.69) is 60.1 Å². The maximum atomic E-state index is 12.9. The average Bonchev–Trinajstić information content (AvgIpc) is 3.13. The Morgan fingerprint density at radius 1 is 0.509 bits per heavy atom. The lowest BCUT2D eigenvalue weighted by Gasteiger charge is -2.20. The first-order valence-electron chi connectivity index (χ1n) is 18.1. The number of carbonyl (C=O) groups is 2. The van der Waals surface area contributed by atoms with Crippen LogP contribution in [0.5, 0.6) is 11.5 Å². The first-order valence-corrected chi connectivity index (χ1v) is 19.3. The Kier molecular flexibility index (Phi) is 13.2. The molecule has 0 N–H and O–H groups in total. The minimum Gasteiger partial charge on any atom is -0.481 e. The molecule has 7 heteroatoms. The van der Waals surface area contributed by atoms with Crippen molar-refractivity contribution in [3.8, 4) is 35.2 Å². The second kappa shape index (κ2) is 18.0. The predicted octanol–water partition coefficient (Wildman–Crippen LogP) is 9.52. The van der Waals surface area contributed by atoms with Gasteiger partial charge in [0.15, 0.2) is 39.1 Å². The average molecular weight is 752 g/mol. The van der Waals surface area contributed by atoms with Crippen molar-refractivity contribution in [1.82, 2.24) is 0 Å². The molecular weight excluding hydrogens is 705 g/mol. The molecule has 5 rings (SSSR count). The van der Waals surface area contributed by atoms with Gasteiger partial charge in [0.2, 0.25) is 0 Å². The summed E-state index contributed by atoms with van der Waals surface area (Å²) in [7, 11) is -0.486. The third kappa shape index (κ3) is 11.5. The molecule has 0 radical (unpaired) electrons. The van der Waals surface area contributed by atoms with Gasteiger partial charge in [-0.25, -0.2) is 9.59 Å². The second-order valence-corrected chi connectivity index (χ2v) is 16.2. The quantitative estimate of drug-likeness (QED) is 0.0761. The van der Waals surface area contributed by atoms with Crippen LogP contribution in [0.1, 0.15) is 61.1 Å². The highest BCUT2D eigenvalue weighted by Crippen LogP contribution is 2.38. The fraction of sp³-hybridized carbons (Fsp3) is 0.250. The molecule has 0 atom stereocenters. The number of benzene rings is 5. The summed E-state index contributed by atoms with van der Waals surface area (Å²) in [4.78, 5) is 29.1. The third-order valence-corrected chi connectivity index (χ3v) is 10.4. The smallest absolute Gasteiger partial charge is 0.345 e. The lowest BCUT2D eigenvalue weighted by atomic mass is 10.1. The molecule has 0 aliphatic heterocycles. The highest BCUT2D eigenvalue weighted by molar-refractivity contribution is 7.97. The van der Waals surface area contributed by atoms with Crippen molar-refractivity contribution >= 4 is 22.8 Å². The molecule has 5 aromatic rings. The Balaban J connectivity index is 1.30. The number of hydrogen-bond donors (Lipinski definition) is 0. The van der Waals surface area contributed by atoms with E-state index >= 15 is 0 Å². The maximum absolute atomic E-state index is 12.9. The second-order valence-electron chi connectivity index (χ2n) is 14.2. The molecule has 5 aromatic carbocycles. The highest BCUT2D eigenvalue weighted by Gasteiger charge is 2.32. The molecule has 0 saturated heterocycles. The van der Waals surface area contributed by atoms with Crippen molar-refractivity contribution in [2.24, 2.45) is 0 Å². The first-order chi connectivity index (χ1) is 26.2. The van der Waals surface area contributed by atoms with E-state index in [1.54, 1.807) is 27.7 Å². The van der Waals surface area contributed by atoms with E-state index < -0.39 is 34.0 Å². The SMILES string of the molecule is Cc1cc([S+](c2ccccc2)c2cc(C)c(OCC(=O)OC(C)(C)C#Cc3ccccc3)c(C)c2)cc(C)c1OCC(=O)OC(C)(C)C#Cc1ccccc1. The van der Waals surface area contributed by atoms with Crippen LogP contribution in [0.15, 0.2) is 130 Å². The van der Waals surface area contributed by atoms with Crippen LogP contribution in [-0.4, -0.2) is 36.4 Å². The summed E-state index contributed by atoms with van der Waals surface area (Å²) < 4.78 is 23.5. The van der Waals surface area contributed by atoms with Crippen LogP contribution < -0.4 is 9.47 Å². The lowest BCUT2D eigenvalue weighted by molar-refractivity contribution is -0.155. The Morgan fingerprint density at radius 2 is 0.836 bits per heavy atom. The maximum Gasteiger partial charge on any atom is 0.345 e. The summed E-state index contributed by atoms with van der Waals surface area (Å²) in [5.74, 6) is 12.5. The van der Waals surface area contributed by atoms with E-state index in [-0.39, 0.29) is 13.2 Å². The number of ether oxygens (including phenoxy) is 4. The Morgan fingerprint density at radius 3 is 1.18 bits per heavy atom. The van der Waals surface area contributed by atoms with Gasteiger partial charge in [-0.15, -0.1) is 0 Å². The van der Waals surface area contributed by atoms with Crippen LogP contribution in [0.2, 0.25) is 0 Å². The fourth-order valence-corrected chi connectivity index (χ4v) is 8.33. The zero-order valence-corrected chi connectivity index (χ0v) is 33.6. The lowest BCUT2D eigenvalue weighted by Crippen LogP contribution is -2.29. The van der Waals surface area contributed by atoms with Crippen LogP contribution in [0.3, 0.4) is 0 Å². The molecule has 0 aliphatic rings. The molecule has 0 amide bonds. The Labute approximate surface area is 328 Å². The third-order valence-electron chi connectivity index (χ3n) is 8.29. The molecule has 280 valence electrons. The van der Waals surface area contributed by atoms with Crippen LogP contribution in [0.4, 0.5) is 0 Å². The predicted molar refractivity (Wildman–Crippen MR) is 218 cm³/mol. The van der Waals surface area contributed by atoms with Gasteiger partial charge in [0, 0.05) is 35.4 Å². The summed E-state index contributed by atoms with van der Waals surface area (Å²) in [5, 5.41) is 0. The van der Waals surface area contributed by atoms with Gasteiger partial charge < -0.3 is 18.9 Å². The zero-order valence-electron chi connectivity index (χ0n) is 32.7. The van der Waals surface area contributed by atoms with Crippen molar-refractivity contribution in [2.45, 2.75) is 81.3 Å². The van der Waals surface area contributed by atoms with Crippen LogP contribution in [0, 0.1) is 51.4 Å². The van der Waals surface area contributed by atoms with Crippen molar-refractivity contribution in [1.29, 1.82) is 0 Å². The van der Waals surface area contributed by atoms with Gasteiger partial charge in [0.05, 0.1) is 10.9 Å². The van der Waals surface area contributed by atoms with Gasteiger partial charge in [0.1, 0.15) is 11.5 Å². The molecule has 6 nitrogen and oxygen atoms in total. The van der Waals surface area contributed by atoms with Crippen molar-refractivity contribution in [2.75, 3.05) is 13.2 Å². The molecule has 0 aliphatic carbocycles. The summed E-state index contributed by atoms with van der Waals surface area (Å²) >= 11 is 0. The molecule has 0 unspecified atom stereocenters.